The van der Waals surface area contributed by atoms with Gasteiger partial charge in [0.05, 0.1) is 16.7 Å². The molecular weight excluding hydrogens is 715 g/mol. The van der Waals surface area contributed by atoms with Crippen LogP contribution < -0.4 is 5.73 Å². The molecule has 0 amide bonds. The van der Waals surface area contributed by atoms with Gasteiger partial charge >= 0.3 is 0 Å². The fourth-order valence-corrected chi connectivity index (χ4v) is 8.36. The summed E-state index contributed by atoms with van der Waals surface area (Å²) in [4.78, 5) is 5.12. The summed E-state index contributed by atoms with van der Waals surface area (Å²) in [5.41, 5.74) is 21.4. The Morgan fingerprint density at radius 2 is 0.966 bits per heavy atom. The second-order valence-corrected chi connectivity index (χ2v) is 14.9. The van der Waals surface area contributed by atoms with Gasteiger partial charge in [-0.25, -0.2) is 4.99 Å². The molecule has 0 fully saturated rings. The van der Waals surface area contributed by atoms with Crippen molar-refractivity contribution in [2.45, 2.75) is 6.42 Å². The lowest BCUT2D eigenvalue weighted by molar-refractivity contribution is 1.18. The highest BCUT2D eigenvalue weighted by Gasteiger charge is 2.14. The average molecular weight is 756 g/mol. The van der Waals surface area contributed by atoms with Crippen LogP contribution in [-0.2, 0) is 6.42 Å². The third-order valence-electron chi connectivity index (χ3n) is 11.3. The molecule has 59 heavy (non-hydrogen) atoms. The third kappa shape index (κ3) is 7.00. The molecule has 280 valence electrons. The Morgan fingerprint density at radius 1 is 0.441 bits per heavy atom. The number of para-hydroxylation sites is 2. The topological polar surface area (TPSA) is 43.3 Å². The molecular formula is C56H41N3. The Labute approximate surface area is 344 Å². The number of fused-ring (bicyclic) bond motifs is 4. The van der Waals surface area contributed by atoms with E-state index < -0.39 is 0 Å². The van der Waals surface area contributed by atoms with Gasteiger partial charge in [-0.1, -0.05) is 200 Å². The lowest BCUT2D eigenvalue weighted by Crippen LogP contribution is -2.13. The molecule has 0 saturated heterocycles. The Bertz CT molecular complexity index is 3100. The molecule has 0 unspecified atom stereocenters. The predicted octanol–water partition coefficient (Wildman–Crippen LogP) is 13.9. The van der Waals surface area contributed by atoms with E-state index in [4.69, 9.17) is 10.7 Å². The van der Waals surface area contributed by atoms with Crippen LogP contribution in [0.4, 0.5) is 0 Å². The molecule has 2 N–H and O–H groups in total. The maximum Gasteiger partial charge on any atom is 0.131 e. The van der Waals surface area contributed by atoms with Gasteiger partial charge in [-0.2, -0.15) is 0 Å². The second-order valence-electron chi connectivity index (χ2n) is 14.9. The van der Waals surface area contributed by atoms with Crippen LogP contribution in [0.3, 0.4) is 0 Å². The number of rotatable bonds is 9. The van der Waals surface area contributed by atoms with Crippen LogP contribution in [0.2, 0.25) is 0 Å². The fourth-order valence-electron chi connectivity index (χ4n) is 8.36. The first kappa shape index (κ1) is 35.6. The summed E-state index contributed by atoms with van der Waals surface area (Å²) in [6.45, 7) is 0. The number of aromatic nitrogens is 1. The van der Waals surface area contributed by atoms with E-state index in [1.165, 1.54) is 60.6 Å². The zero-order chi connectivity index (χ0) is 39.5. The minimum atomic E-state index is 0.488. The Hall–Kier alpha value is -7.75. The molecule has 0 atom stereocenters. The SMILES string of the molecule is NC(=N/C(=C\Cc1cccc(-c2ccccc2)c1)c1ccc(-c2ccc(-c3ccc(-n4c5ccccc5c5ccccc54)cc3)cc2)c2ccccc12)c1ccccc1. The highest BCUT2D eigenvalue weighted by Crippen LogP contribution is 2.37. The van der Waals surface area contributed by atoms with Crippen molar-refractivity contribution >= 4 is 44.1 Å². The predicted molar refractivity (Wildman–Crippen MR) is 250 cm³/mol. The largest absolute Gasteiger partial charge is 0.383 e. The Morgan fingerprint density at radius 3 is 1.64 bits per heavy atom. The monoisotopic (exact) mass is 755 g/mol. The lowest BCUT2D eigenvalue weighted by atomic mass is 9.92. The van der Waals surface area contributed by atoms with E-state index in [9.17, 15) is 0 Å². The minimum Gasteiger partial charge on any atom is -0.383 e. The van der Waals surface area contributed by atoms with Gasteiger partial charge in [0.15, 0.2) is 0 Å². The zero-order valence-electron chi connectivity index (χ0n) is 32.5. The van der Waals surface area contributed by atoms with E-state index in [0.29, 0.717) is 12.3 Å². The lowest BCUT2D eigenvalue weighted by Gasteiger charge is -2.14. The van der Waals surface area contributed by atoms with Crippen molar-refractivity contribution in [3.05, 3.63) is 241 Å². The molecule has 0 aliphatic heterocycles. The molecule has 0 radical (unpaired) electrons. The molecule has 1 aromatic heterocycles. The van der Waals surface area contributed by atoms with Gasteiger partial charge in [-0.15, -0.1) is 0 Å². The summed E-state index contributed by atoms with van der Waals surface area (Å²) in [7, 11) is 0. The number of benzene rings is 9. The highest BCUT2D eigenvalue weighted by atomic mass is 15.0. The number of hydrogen-bond donors (Lipinski definition) is 1. The number of nitrogens with two attached hydrogens (primary N) is 1. The van der Waals surface area contributed by atoms with Crippen LogP contribution in [0.25, 0.3) is 77.3 Å². The summed E-state index contributed by atoms with van der Waals surface area (Å²) in [6.07, 6.45) is 2.92. The molecule has 0 saturated carbocycles. The molecule has 3 nitrogen and oxygen atoms in total. The molecule has 0 bridgehead atoms. The van der Waals surface area contributed by atoms with Crippen LogP contribution in [-0.4, -0.2) is 10.4 Å². The average Bonchev–Trinajstić information content (AvgIpc) is 3.65. The van der Waals surface area contributed by atoms with Gasteiger partial charge in [-0.05, 0) is 80.4 Å². The van der Waals surface area contributed by atoms with Crippen LogP contribution in [0.1, 0.15) is 16.7 Å². The summed E-state index contributed by atoms with van der Waals surface area (Å²) >= 11 is 0. The Balaban J connectivity index is 0.983. The van der Waals surface area contributed by atoms with Gasteiger partial charge in [0.25, 0.3) is 0 Å². The van der Waals surface area contributed by atoms with Gasteiger partial charge in [-0.3, -0.25) is 0 Å². The number of allylic oxidation sites excluding steroid dienone is 1. The van der Waals surface area contributed by atoms with Crippen molar-refractivity contribution in [1.29, 1.82) is 0 Å². The minimum absolute atomic E-state index is 0.488. The summed E-state index contributed by atoms with van der Waals surface area (Å²) < 4.78 is 2.36. The van der Waals surface area contributed by atoms with Gasteiger partial charge in [0.2, 0.25) is 0 Å². The van der Waals surface area contributed by atoms with Crippen LogP contribution in [0.15, 0.2) is 229 Å². The van der Waals surface area contributed by atoms with Crippen molar-refractivity contribution in [3.8, 4) is 39.1 Å². The van der Waals surface area contributed by atoms with Crippen LogP contribution in [0.5, 0.6) is 0 Å². The number of amidine groups is 1. The summed E-state index contributed by atoms with van der Waals surface area (Å²) in [5.74, 6) is 0.488. The molecule has 0 aliphatic rings. The summed E-state index contributed by atoms with van der Waals surface area (Å²) in [6, 6.07) is 77.4. The van der Waals surface area contributed by atoms with Crippen molar-refractivity contribution in [1.82, 2.24) is 4.57 Å². The first-order chi connectivity index (χ1) is 29.2. The molecule has 3 heteroatoms. The van der Waals surface area contributed by atoms with Crippen molar-refractivity contribution in [2.24, 2.45) is 10.7 Å². The number of nitrogens with zero attached hydrogens (tertiary/aromatic N) is 2. The van der Waals surface area contributed by atoms with Gasteiger partial charge in [0.1, 0.15) is 5.84 Å². The summed E-state index contributed by atoms with van der Waals surface area (Å²) in [5, 5.41) is 4.83. The maximum atomic E-state index is 6.71. The smallest absolute Gasteiger partial charge is 0.131 e. The third-order valence-corrected chi connectivity index (χ3v) is 11.3. The quantitative estimate of drug-likeness (QED) is 0.116. The zero-order valence-corrected chi connectivity index (χ0v) is 32.5. The van der Waals surface area contributed by atoms with E-state index in [-0.39, 0.29) is 0 Å². The number of aliphatic imine (C=N–C) groups is 1. The van der Waals surface area contributed by atoms with Crippen LogP contribution in [0, 0.1) is 0 Å². The Kier molecular flexibility index (Phi) is 9.46. The molecule has 9 aromatic carbocycles. The molecule has 10 aromatic rings. The molecule has 10 rings (SSSR count). The van der Waals surface area contributed by atoms with E-state index in [0.717, 1.165) is 33.5 Å². The van der Waals surface area contributed by atoms with E-state index in [1.54, 1.807) is 0 Å². The van der Waals surface area contributed by atoms with Crippen molar-refractivity contribution < 1.29 is 0 Å². The van der Waals surface area contributed by atoms with Gasteiger partial charge < -0.3 is 10.3 Å². The molecule has 1 heterocycles. The van der Waals surface area contributed by atoms with Crippen molar-refractivity contribution in [3.63, 3.8) is 0 Å². The first-order valence-electron chi connectivity index (χ1n) is 20.1. The van der Waals surface area contributed by atoms with Gasteiger partial charge in [0, 0.05) is 27.6 Å². The fraction of sp³-hybridized carbons (Fsp3) is 0.0179. The van der Waals surface area contributed by atoms with Crippen molar-refractivity contribution in [2.75, 3.05) is 0 Å². The van der Waals surface area contributed by atoms with E-state index >= 15 is 0 Å². The standard InChI is InChI=1S/C56H41N3/c57-56(44-17-5-2-6-18-44)58-53(37-26-39-14-13-19-45(38-39)40-15-3-1-4-16-40)50-36-35-47(48-20-7-8-21-49(48)50)43-29-27-41(28-30-43)42-31-33-46(34-32-42)59-54-24-11-9-22-51(54)52-23-10-12-25-55(52)59/h1-25,27-38H,26H2,(H2,57,58)/b53-37-. The van der Waals surface area contributed by atoms with E-state index in [2.05, 4.69) is 199 Å². The highest BCUT2D eigenvalue weighted by molar-refractivity contribution is 6.09. The normalized spacial score (nSPS) is 12.1. The second kappa shape index (κ2) is 15.7. The molecule has 0 aliphatic carbocycles. The number of hydrogen-bond acceptors (Lipinski definition) is 1. The molecule has 0 spiro atoms. The maximum absolute atomic E-state index is 6.71. The first-order valence-corrected chi connectivity index (χ1v) is 20.1. The van der Waals surface area contributed by atoms with Crippen LogP contribution >= 0.6 is 0 Å². The van der Waals surface area contributed by atoms with E-state index in [1.807, 2.05) is 30.3 Å².